The molecule has 0 saturated carbocycles. The molecule has 0 radical (unpaired) electrons. The zero-order valence-electron chi connectivity index (χ0n) is 19.7. The van der Waals surface area contributed by atoms with E-state index >= 15 is 0 Å². The van der Waals surface area contributed by atoms with Gasteiger partial charge in [0, 0.05) is 32.4 Å². The number of methoxy groups -OCH3 is 1. The predicted molar refractivity (Wildman–Crippen MR) is 144 cm³/mol. The van der Waals surface area contributed by atoms with Crippen LogP contribution in [0.5, 0.6) is 5.75 Å². The molecule has 1 atom stereocenters. The molecule has 178 valence electrons. The van der Waals surface area contributed by atoms with Crippen molar-refractivity contribution in [1.82, 2.24) is 0 Å². The van der Waals surface area contributed by atoms with E-state index in [1.807, 2.05) is 6.07 Å². The van der Waals surface area contributed by atoms with E-state index in [4.69, 9.17) is 32.9 Å². The molecule has 1 aliphatic carbocycles. The zero-order chi connectivity index (χ0) is 24.5. The SMILES string of the molecule is COc1ccc(Cl)cc1C=Nc1sc2c(c1C(=O)Nc1ccc(Cl)cc1)CC[C@@H](C(C)(C)C)C2. The molecule has 0 aliphatic heterocycles. The fraction of sp³-hybridized carbons (Fsp3) is 0.333. The molecule has 3 aromatic rings. The normalized spacial score (nSPS) is 15.9. The Bertz CT molecular complexity index is 1230. The molecule has 1 N–H and O–H groups in total. The van der Waals surface area contributed by atoms with Crippen LogP contribution in [0, 0.1) is 11.3 Å². The minimum atomic E-state index is -0.153. The molecular weight excluding hydrogens is 487 g/mol. The first-order chi connectivity index (χ1) is 16.2. The molecule has 0 unspecified atom stereocenters. The Morgan fingerprint density at radius 2 is 1.85 bits per heavy atom. The van der Waals surface area contributed by atoms with Crippen molar-refractivity contribution in [3.05, 3.63) is 74.1 Å². The molecule has 1 amide bonds. The first kappa shape index (κ1) is 24.8. The summed E-state index contributed by atoms with van der Waals surface area (Å²) in [5.74, 6) is 1.09. The maximum Gasteiger partial charge on any atom is 0.259 e. The Balaban J connectivity index is 1.73. The molecule has 4 nitrogen and oxygen atoms in total. The van der Waals surface area contributed by atoms with Crippen LogP contribution in [-0.4, -0.2) is 19.2 Å². The van der Waals surface area contributed by atoms with Crippen LogP contribution in [0.15, 0.2) is 47.5 Å². The molecule has 7 heteroatoms. The number of rotatable bonds is 5. The first-order valence-electron chi connectivity index (χ1n) is 11.2. The van der Waals surface area contributed by atoms with Crippen LogP contribution in [0.25, 0.3) is 0 Å². The number of anilines is 1. The molecule has 1 aromatic heterocycles. The molecule has 1 heterocycles. The Labute approximate surface area is 215 Å². The summed E-state index contributed by atoms with van der Waals surface area (Å²) in [6.45, 7) is 6.86. The van der Waals surface area contributed by atoms with Crippen molar-refractivity contribution in [3.63, 3.8) is 0 Å². The molecule has 2 aromatic carbocycles. The van der Waals surface area contributed by atoms with E-state index in [0.29, 0.717) is 38.0 Å². The lowest BCUT2D eigenvalue weighted by molar-refractivity contribution is 0.102. The number of fused-ring (bicyclic) bond motifs is 1. The molecule has 0 fully saturated rings. The smallest absolute Gasteiger partial charge is 0.259 e. The van der Waals surface area contributed by atoms with E-state index in [0.717, 1.165) is 30.4 Å². The van der Waals surface area contributed by atoms with Gasteiger partial charge in [-0.15, -0.1) is 11.3 Å². The van der Waals surface area contributed by atoms with Crippen LogP contribution in [0.3, 0.4) is 0 Å². The van der Waals surface area contributed by atoms with E-state index in [1.165, 1.54) is 4.88 Å². The third-order valence-corrected chi connectivity index (χ3v) is 7.96. The van der Waals surface area contributed by atoms with Crippen molar-refractivity contribution in [2.45, 2.75) is 40.0 Å². The number of amides is 1. The average Bonchev–Trinajstić information content (AvgIpc) is 3.16. The summed E-state index contributed by atoms with van der Waals surface area (Å²) in [5.41, 5.74) is 3.44. The second kappa shape index (κ2) is 10.1. The fourth-order valence-corrected chi connectivity index (χ4v) is 5.87. The number of nitrogens with zero attached hydrogens (tertiary/aromatic N) is 1. The molecule has 0 bridgehead atoms. The maximum absolute atomic E-state index is 13.5. The van der Waals surface area contributed by atoms with Gasteiger partial charge in [0.2, 0.25) is 0 Å². The highest BCUT2D eigenvalue weighted by atomic mass is 35.5. The van der Waals surface area contributed by atoms with Crippen LogP contribution in [0.4, 0.5) is 10.7 Å². The largest absolute Gasteiger partial charge is 0.496 e. The van der Waals surface area contributed by atoms with Crippen molar-refractivity contribution in [2.75, 3.05) is 12.4 Å². The molecule has 4 rings (SSSR count). The summed E-state index contributed by atoms with van der Waals surface area (Å²) < 4.78 is 5.45. The highest BCUT2D eigenvalue weighted by molar-refractivity contribution is 7.16. The quantitative estimate of drug-likeness (QED) is 0.348. The van der Waals surface area contributed by atoms with Crippen LogP contribution in [0.1, 0.15) is 53.6 Å². The van der Waals surface area contributed by atoms with Crippen LogP contribution in [0.2, 0.25) is 10.0 Å². The number of benzene rings is 2. The van der Waals surface area contributed by atoms with Gasteiger partial charge in [0.15, 0.2) is 0 Å². The summed E-state index contributed by atoms with van der Waals surface area (Å²) in [6, 6.07) is 12.5. The summed E-state index contributed by atoms with van der Waals surface area (Å²) in [4.78, 5) is 19.5. The highest BCUT2D eigenvalue weighted by Gasteiger charge is 2.33. The minimum absolute atomic E-state index is 0.153. The summed E-state index contributed by atoms with van der Waals surface area (Å²) in [7, 11) is 1.61. The number of nitrogens with one attached hydrogen (secondary N) is 1. The van der Waals surface area contributed by atoms with Gasteiger partial charge in [0.05, 0.1) is 12.7 Å². The van der Waals surface area contributed by atoms with E-state index < -0.39 is 0 Å². The predicted octanol–water partition coefficient (Wildman–Crippen LogP) is 8.22. The van der Waals surface area contributed by atoms with Crippen LogP contribution >= 0.6 is 34.5 Å². The van der Waals surface area contributed by atoms with Crippen molar-refractivity contribution < 1.29 is 9.53 Å². The number of halogens is 2. The van der Waals surface area contributed by atoms with Gasteiger partial charge in [0.1, 0.15) is 10.8 Å². The number of hydrogen-bond donors (Lipinski definition) is 1. The van der Waals surface area contributed by atoms with E-state index in [9.17, 15) is 4.79 Å². The van der Waals surface area contributed by atoms with Gasteiger partial charge in [-0.1, -0.05) is 44.0 Å². The van der Waals surface area contributed by atoms with Gasteiger partial charge < -0.3 is 10.1 Å². The van der Waals surface area contributed by atoms with Gasteiger partial charge in [-0.3, -0.25) is 4.79 Å². The van der Waals surface area contributed by atoms with Gasteiger partial charge >= 0.3 is 0 Å². The lowest BCUT2D eigenvalue weighted by Gasteiger charge is -2.33. The standard InChI is InChI=1S/C27H28Cl2N2O2S/c1-27(2,3)17-5-11-21-23(14-17)34-26(30-15-16-13-19(29)8-12-22(16)33-4)24(21)25(32)31-20-9-6-18(28)7-10-20/h6-10,12-13,15,17H,5,11,14H2,1-4H3,(H,31,32)/t17-/m1/s1. The number of aliphatic imine (C=N–C) groups is 1. The number of thiophene rings is 1. The Morgan fingerprint density at radius 1 is 1.15 bits per heavy atom. The number of ether oxygens (including phenoxy) is 1. The maximum atomic E-state index is 13.5. The van der Waals surface area contributed by atoms with Crippen molar-refractivity contribution >= 4 is 57.3 Å². The average molecular weight is 516 g/mol. The summed E-state index contributed by atoms with van der Waals surface area (Å²) in [6.07, 6.45) is 4.61. The second-order valence-corrected chi connectivity index (χ2v) is 11.6. The van der Waals surface area contributed by atoms with E-state index in [-0.39, 0.29) is 11.3 Å². The topological polar surface area (TPSA) is 50.7 Å². The second-order valence-electron chi connectivity index (χ2n) is 9.60. The number of hydrogen-bond acceptors (Lipinski definition) is 4. The fourth-order valence-electron chi connectivity index (χ4n) is 4.30. The van der Waals surface area contributed by atoms with Crippen LogP contribution in [-0.2, 0) is 12.8 Å². The van der Waals surface area contributed by atoms with Crippen molar-refractivity contribution in [2.24, 2.45) is 16.3 Å². The van der Waals surface area contributed by atoms with Crippen molar-refractivity contribution in [1.29, 1.82) is 0 Å². The highest BCUT2D eigenvalue weighted by Crippen LogP contribution is 2.45. The van der Waals surface area contributed by atoms with Gasteiger partial charge in [-0.25, -0.2) is 4.99 Å². The van der Waals surface area contributed by atoms with E-state index in [1.54, 1.807) is 61.1 Å². The monoisotopic (exact) mass is 514 g/mol. The summed E-state index contributed by atoms with van der Waals surface area (Å²) >= 11 is 13.8. The third-order valence-electron chi connectivity index (χ3n) is 6.31. The molecule has 0 spiro atoms. The third kappa shape index (κ3) is 5.48. The van der Waals surface area contributed by atoms with Crippen molar-refractivity contribution in [3.8, 4) is 5.75 Å². The summed E-state index contributed by atoms with van der Waals surface area (Å²) in [5, 5.41) is 4.95. The lowest BCUT2D eigenvalue weighted by Crippen LogP contribution is -2.27. The Morgan fingerprint density at radius 3 is 2.53 bits per heavy atom. The molecular formula is C27H28Cl2N2O2S. The van der Waals surface area contributed by atoms with E-state index in [2.05, 4.69) is 26.1 Å². The molecule has 34 heavy (non-hydrogen) atoms. The first-order valence-corrected chi connectivity index (χ1v) is 12.8. The van der Waals surface area contributed by atoms with Crippen LogP contribution < -0.4 is 10.1 Å². The van der Waals surface area contributed by atoms with Gasteiger partial charge in [-0.05, 0) is 78.6 Å². The van der Waals surface area contributed by atoms with Gasteiger partial charge in [0.25, 0.3) is 5.91 Å². The minimum Gasteiger partial charge on any atom is -0.496 e. The number of carbonyl (C=O) groups excluding carboxylic acids is 1. The number of carbonyl (C=O) groups is 1. The van der Waals surface area contributed by atoms with Gasteiger partial charge in [-0.2, -0.15) is 0 Å². The Kier molecular flexibility index (Phi) is 7.36. The Hall–Kier alpha value is -2.34. The molecule has 1 aliphatic rings. The zero-order valence-corrected chi connectivity index (χ0v) is 22.1. The lowest BCUT2D eigenvalue weighted by atomic mass is 9.72. The molecule has 0 saturated heterocycles.